The van der Waals surface area contributed by atoms with Crippen molar-refractivity contribution in [1.29, 1.82) is 5.26 Å². The predicted molar refractivity (Wildman–Crippen MR) is 82.3 cm³/mol. The largest absolute Gasteiger partial charge is 0.338 e. The van der Waals surface area contributed by atoms with Crippen molar-refractivity contribution < 1.29 is 13.2 Å². The van der Waals surface area contributed by atoms with Gasteiger partial charge in [0.25, 0.3) is 5.91 Å². The van der Waals surface area contributed by atoms with Crippen LogP contribution in [0.2, 0.25) is 0 Å². The summed E-state index contributed by atoms with van der Waals surface area (Å²) in [5.74, 6) is -0.0518. The van der Waals surface area contributed by atoms with Gasteiger partial charge in [-0.3, -0.25) is 4.79 Å². The highest BCUT2D eigenvalue weighted by molar-refractivity contribution is 7.92. The fraction of sp³-hybridized carbons (Fsp3) is 0.333. The lowest BCUT2D eigenvalue weighted by atomic mass is 10.1. The Hall–Kier alpha value is -2.17. The van der Waals surface area contributed by atoms with E-state index in [2.05, 4.69) is 11.3 Å². The molecule has 1 aromatic carbocycles. The van der Waals surface area contributed by atoms with Gasteiger partial charge in [-0.1, -0.05) is 12.6 Å². The number of likely N-dealkylation sites (tertiary alicyclic amines) is 1. The van der Waals surface area contributed by atoms with Gasteiger partial charge < -0.3 is 4.90 Å². The number of hydrogen-bond donors (Lipinski definition) is 1. The van der Waals surface area contributed by atoms with E-state index in [4.69, 9.17) is 5.26 Å². The number of rotatable bonds is 5. The summed E-state index contributed by atoms with van der Waals surface area (Å²) < 4.78 is 25.1. The normalized spacial score (nSPS) is 18.0. The first kappa shape index (κ1) is 16.2. The van der Waals surface area contributed by atoms with E-state index in [1.54, 1.807) is 29.2 Å². The third kappa shape index (κ3) is 3.93. The molecule has 0 radical (unpaired) electrons. The zero-order valence-electron chi connectivity index (χ0n) is 12.0. The summed E-state index contributed by atoms with van der Waals surface area (Å²) in [4.78, 5) is 14.1. The van der Waals surface area contributed by atoms with Crippen LogP contribution in [0.15, 0.2) is 36.3 Å². The zero-order valence-corrected chi connectivity index (χ0v) is 12.8. The van der Waals surface area contributed by atoms with Crippen LogP contribution >= 0.6 is 0 Å². The highest BCUT2D eigenvalue weighted by Crippen LogP contribution is 2.19. The van der Waals surface area contributed by atoms with Crippen LogP contribution in [-0.4, -0.2) is 38.9 Å². The lowest BCUT2D eigenvalue weighted by Gasteiger charge is -2.17. The van der Waals surface area contributed by atoms with Crippen molar-refractivity contribution in [1.82, 2.24) is 9.62 Å². The number of amides is 1. The van der Waals surface area contributed by atoms with Gasteiger partial charge >= 0.3 is 0 Å². The quantitative estimate of drug-likeness (QED) is 0.879. The molecule has 1 heterocycles. The lowest BCUT2D eigenvalue weighted by Crippen LogP contribution is -2.32. The van der Waals surface area contributed by atoms with E-state index in [0.29, 0.717) is 24.2 Å². The van der Waals surface area contributed by atoms with Crippen molar-refractivity contribution in [2.45, 2.75) is 6.42 Å². The zero-order chi connectivity index (χ0) is 16.2. The van der Waals surface area contributed by atoms with E-state index in [9.17, 15) is 13.2 Å². The van der Waals surface area contributed by atoms with Crippen LogP contribution in [0.1, 0.15) is 22.3 Å². The maximum Gasteiger partial charge on any atom is 0.253 e. The van der Waals surface area contributed by atoms with Gasteiger partial charge in [-0.25, -0.2) is 13.1 Å². The summed E-state index contributed by atoms with van der Waals surface area (Å²) >= 11 is 0. The van der Waals surface area contributed by atoms with Crippen LogP contribution in [0, 0.1) is 17.2 Å². The fourth-order valence-corrected chi connectivity index (χ4v) is 2.97. The van der Waals surface area contributed by atoms with Gasteiger partial charge in [0.05, 0.1) is 11.6 Å². The molecular weight excluding hydrogens is 302 g/mol. The Labute approximate surface area is 130 Å². The van der Waals surface area contributed by atoms with Gasteiger partial charge in [0.1, 0.15) is 0 Å². The number of nitrogens with zero attached hydrogens (tertiary/aromatic N) is 2. The lowest BCUT2D eigenvalue weighted by molar-refractivity contribution is 0.0787. The third-order valence-corrected chi connectivity index (χ3v) is 4.61. The van der Waals surface area contributed by atoms with E-state index >= 15 is 0 Å². The van der Waals surface area contributed by atoms with Crippen LogP contribution in [0.4, 0.5) is 0 Å². The third-order valence-electron chi connectivity index (χ3n) is 3.60. The van der Waals surface area contributed by atoms with Crippen LogP contribution in [-0.2, 0) is 10.0 Å². The standard InChI is InChI=1S/C15H17N3O3S/c1-2-22(20,21)17-10-13-6-7-18(11-13)15(19)14-5-3-4-12(8-14)9-16/h2-5,8,13,17H,1,6-7,10-11H2. The number of carbonyl (C=O) groups is 1. The van der Waals surface area contributed by atoms with Crippen LogP contribution in [0.3, 0.4) is 0 Å². The second-order valence-electron chi connectivity index (χ2n) is 5.16. The monoisotopic (exact) mass is 319 g/mol. The van der Waals surface area contributed by atoms with E-state index in [-0.39, 0.29) is 18.4 Å². The molecule has 0 aromatic heterocycles. The van der Waals surface area contributed by atoms with Crippen LogP contribution in [0.5, 0.6) is 0 Å². The molecule has 0 bridgehead atoms. The van der Waals surface area contributed by atoms with Crippen LogP contribution < -0.4 is 4.72 Å². The molecule has 1 unspecified atom stereocenters. The molecule has 116 valence electrons. The molecule has 1 aliphatic rings. The summed E-state index contributed by atoms with van der Waals surface area (Å²) in [5, 5.41) is 9.75. The number of nitriles is 1. The van der Waals surface area contributed by atoms with Gasteiger partial charge in [0.15, 0.2) is 0 Å². The molecule has 1 saturated heterocycles. The van der Waals surface area contributed by atoms with Crippen LogP contribution in [0.25, 0.3) is 0 Å². The molecule has 1 aliphatic heterocycles. The second kappa shape index (κ2) is 6.73. The van der Waals surface area contributed by atoms with Crippen molar-refractivity contribution in [3.05, 3.63) is 47.4 Å². The van der Waals surface area contributed by atoms with E-state index in [0.717, 1.165) is 11.8 Å². The summed E-state index contributed by atoms with van der Waals surface area (Å²) in [6.07, 6.45) is 0.739. The molecule has 0 aliphatic carbocycles. The Balaban J connectivity index is 1.96. The van der Waals surface area contributed by atoms with Gasteiger partial charge in [-0.05, 0) is 30.5 Å². The number of carbonyl (C=O) groups excluding carboxylic acids is 1. The Morgan fingerprint density at radius 1 is 1.55 bits per heavy atom. The van der Waals surface area contributed by atoms with E-state index in [1.165, 1.54) is 0 Å². The fourth-order valence-electron chi connectivity index (χ4n) is 2.38. The molecule has 1 fully saturated rings. The summed E-state index contributed by atoms with van der Waals surface area (Å²) in [7, 11) is -3.43. The molecule has 1 amide bonds. The summed E-state index contributed by atoms with van der Waals surface area (Å²) in [6, 6.07) is 8.58. The topological polar surface area (TPSA) is 90.3 Å². The first-order valence-electron chi connectivity index (χ1n) is 6.86. The average molecular weight is 319 g/mol. The molecule has 1 atom stereocenters. The summed E-state index contributed by atoms with van der Waals surface area (Å²) in [5.41, 5.74) is 0.923. The Morgan fingerprint density at radius 2 is 2.32 bits per heavy atom. The van der Waals surface area contributed by atoms with Crippen molar-refractivity contribution >= 4 is 15.9 Å². The van der Waals surface area contributed by atoms with Gasteiger partial charge in [0.2, 0.25) is 10.0 Å². The Bertz CT molecular complexity index is 722. The minimum absolute atomic E-state index is 0.0813. The predicted octanol–water partition coefficient (Wildman–Crippen LogP) is 1.08. The van der Waals surface area contributed by atoms with E-state index in [1.807, 2.05) is 6.07 Å². The number of benzene rings is 1. The molecule has 7 heteroatoms. The molecule has 2 rings (SSSR count). The Morgan fingerprint density at radius 3 is 3.00 bits per heavy atom. The highest BCUT2D eigenvalue weighted by atomic mass is 32.2. The highest BCUT2D eigenvalue weighted by Gasteiger charge is 2.27. The molecule has 0 spiro atoms. The Kier molecular flexibility index (Phi) is 4.96. The number of nitrogens with one attached hydrogen (secondary N) is 1. The maximum absolute atomic E-state index is 12.4. The summed E-state index contributed by atoms with van der Waals surface area (Å²) in [6.45, 7) is 4.60. The molecule has 1 N–H and O–H groups in total. The average Bonchev–Trinajstić information content (AvgIpc) is 3.01. The molecule has 1 aromatic rings. The first-order chi connectivity index (χ1) is 10.4. The first-order valence-corrected chi connectivity index (χ1v) is 8.41. The van der Waals surface area contributed by atoms with Gasteiger partial charge in [-0.15, -0.1) is 0 Å². The molecule has 22 heavy (non-hydrogen) atoms. The minimum Gasteiger partial charge on any atom is -0.338 e. The van der Waals surface area contributed by atoms with Crippen molar-refractivity contribution in [2.75, 3.05) is 19.6 Å². The molecule has 6 nitrogen and oxygen atoms in total. The molecular formula is C15H17N3O3S. The van der Waals surface area contributed by atoms with E-state index < -0.39 is 10.0 Å². The van der Waals surface area contributed by atoms with Crippen molar-refractivity contribution in [3.8, 4) is 6.07 Å². The molecule has 0 saturated carbocycles. The van der Waals surface area contributed by atoms with Gasteiger partial charge in [-0.2, -0.15) is 5.26 Å². The SMILES string of the molecule is C=CS(=O)(=O)NCC1CCN(C(=O)c2cccc(C#N)c2)C1. The minimum atomic E-state index is -3.43. The number of hydrogen-bond acceptors (Lipinski definition) is 4. The smallest absolute Gasteiger partial charge is 0.253 e. The second-order valence-corrected chi connectivity index (χ2v) is 6.87. The number of sulfonamides is 1. The van der Waals surface area contributed by atoms with Gasteiger partial charge in [0, 0.05) is 30.6 Å². The maximum atomic E-state index is 12.4. The van der Waals surface area contributed by atoms with Crippen molar-refractivity contribution in [3.63, 3.8) is 0 Å². The van der Waals surface area contributed by atoms with Crippen molar-refractivity contribution in [2.24, 2.45) is 5.92 Å².